The molecule has 0 aliphatic carbocycles. The molecule has 4 heterocycles. The van der Waals surface area contributed by atoms with Crippen molar-refractivity contribution in [2.45, 2.75) is 71.5 Å². The first kappa shape index (κ1) is 30.2. The van der Waals surface area contributed by atoms with Gasteiger partial charge < -0.3 is 15.1 Å². The van der Waals surface area contributed by atoms with Crippen molar-refractivity contribution < 1.29 is 14.4 Å². The molecule has 0 radical (unpaired) electrons. The molecule has 234 valence electrons. The summed E-state index contributed by atoms with van der Waals surface area (Å²) in [7, 11) is 0. The fraction of sp³-hybridized carbons (Fsp3) is 0.412. The van der Waals surface area contributed by atoms with Crippen LogP contribution < -0.4 is 5.32 Å². The predicted molar refractivity (Wildman–Crippen MR) is 169 cm³/mol. The van der Waals surface area contributed by atoms with Crippen molar-refractivity contribution >= 4 is 17.7 Å². The maximum absolute atomic E-state index is 14.0. The Morgan fingerprint density at radius 3 is 2.40 bits per heavy atom. The van der Waals surface area contributed by atoms with E-state index in [1.54, 1.807) is 9.58 Å². The quantitative estimate of drug-likeness (QED) is 0.377. The Kier molecular flexibility index (Phi) is 8.77. The Morgan fingerprint density at radius 1 is 0.911 bits per heavy atom. The van der Waals surface area contributed by atoms with Gasteiger partial charge in [-0.2, -0.15) is 10.2 Å². The van der Waals surface area contributed by atoms with Gasteiger partial charge in [-0.05, 0) is 52.2 Å². The van der Waals surface area contributed by atoms with Crippen LogP contribution in [0.25, 0.3) is 17.1 Å². The van der Waals surface area contributed by atoms with Crippen LogP contribution in [0.15, 0.2) is 60.7 Å². The molecule has 1 saturated heterocycles. The summed E-state index contributed by atoms with van der Waals surface area (Å²) in [5, 5.41) is 12.7. The number of rotatable bonds is 4. The van der Waals surface area contributed by atoms with Crippen molar-refractivity contribution in [1.82, 2.24) is 39.7 Å². The van der Waals surface area contributed by atoms with E-state index in [1.165, 1.54) is 0 Å². The molecule has 0 saturated carbocycles. The van der Waals surface area contributed by atoms with E-state index in [4.69, 9.17) is 15.2 Å². The minimum absolute atomic E-state index is 0.0290. The number of benzene rings is 2. The second kappa shape index (κ2) is 13.1. The number of nitrogens with one attached hydrogen (secondary N) is 1. The van der Waals surface area contributed by atoms with Crippen molar-refractivity contribution in [3.05, 3.63) is 83.4 Å². The van der Waals surface area contributed by atoms with Crippen LogP contribution in [-0.4, -0.2) is 77.7 Å². The molecule has 1 fully saturated rings. The number of hydrogen-bond acceptors (Lipinski definition) is 6. The summed E-state index contributed by atoms with van der Waals surface area (Å²) in [6, 6.07) is 18.7. The first-order valence-electron chi connectivity index (χ1n) is 15.8. The number of para-hydroxylation sites is 1. The molecule has 11 nitrogen and oxygen atoms in total. The second-order valence-corrected chi connectivity index (χ2v) is 11.9. The van der Waals surface area contributed by atoms with Crippen molar-refractivity contribution in [1.29, 1.82) is 0 Å². The normalized spacial score (nSPS) is 19.5. The van der Waals surface area contributed by atoms with Crippen LogP contribution in [0.4, 0.5) is 0 Å². The van der Waals surface area contributed by atoms with Gasteiger partial charge in [-0.25, -0.2) is 14.3 Å². The van der Waals surface area contributed by atoms with E-state index in [0.717, 1.165) is 34.6 Å². The Hall–Kier alpha value is -4.80. The molecule has 2 aromatic heterocycles. The molecule has 2 aliphatic rings. The number of amides is 3. The lowest BCUT2D eigenvalue weighted by molar-refractivity contribution is -0.139. The van der Waals surface area contributed by atoms with Crippen molar-refractivity contribution in [2.75, 3.05) is 19.6 Å². The number of carbonyl (C=O) groups is 3. The van der Waals surface area contributed by atoms with Crippen molar-refractivity contribution in [3.8, 4) is 17.1 Å². The minimum atomic E-state index is -0.502. The van der Waals surface area contributed by atoms with Gasteiger partial charge in [-0.1, -0.05) is 48.5 Å². The lowest BCUT2D eigenvalue weighted by Crippen LogP contribution is -2.47. The zero-order valence-corrected chi connectivity index (χ0v) is 26.1. The molecule has 45 heavy (non-hydrogen) atoms. The molecular formula is C34H40N8O3. The molecule has 6 rings (SSSR count). The van der Waals surface area contributed by atoms with Crippen LogP contribution >= 0.6 is 0 Å². The largest absolute Gasteiger partial charge is 0.345 e. The van der Waals surface area contributed by atoms with Gasteiger partial charge in [0.15, 0.2) is 5.82 Å². The lowest BCUT2D eigenvalue weighted by Gasteiger charge is -2.28. The Morgan fingerprint density at radius 2 is 1.64 bits per heavy atom. The fourth-order valence-corrected chi connectivity index (χ4v) is 6.42. The van der Waals surface area contributed by atoms with E-state index in [9.17, 15) is 14.4 Å². The molecule has 2 aliphatic heterocycles. The summed E-state index contributed by atoms with van der Waals surface area (Å²) >= 11 is 0. The molecule has 0 spiro atoms. The predicted octanol–water partition coefficient (Wildman–Crippen LogP) is 3.78. The molecule has 2 atom stereocenters. The fourth-order valence-electron chi connectivity index (χ4n) is 6.42. The van der Waals surface area contributed by atoms with Gasteiger partial charge in [0, 0.05) is 42.9 Å². The third-order valence-corrected chi connectivity index (χ3v) is 8.88. The SMILES string of the molecule is Cc1nn(-c2ccccc2)c(C)c1CC(=O)N1CCCC(=O)N2CCC[C@H]2C(=O)N[C@@H](C)c2nc(-c3ccccc3)nn2CC1. The zero-order valence-electron chi connectivity index (χ0n) is 26.1. The van der Waals surface area contributed by atoms with E-state index in [0.29, 0.717) is 50.7 Å². The van der Waals surface area contributed by atoms with Gasteiger partial charge >= 0.3 is 0 Å². The highest BCUT2D eigenvalue weighted by molar-refractivity contribution is 5.88. The minimum Gasteiger partial charge on any atom is -0.345 e. The second-order valence-electron chi connectivity index (χ2n) is 11.9. The van der Waals surface area contributed by atoms with Crippen LogP contribution in [0.1, 0.15) is 61.4 Å². The number of fused-ring (bicyclic) bond motifs is 2. The maximum atomic E-state index is 14.0. The van der Waals surface area contributed by atoms with Gasteiger partial charge in [0.1, 0.15) is 11.9 Å². The average molecular weight is 609 g/mol. The van der Waals surface area contributed by atoms with Crippen LogP contribution in [0.2, 0.25) is 0 Å². The molecule has 11 heteroatoms. The van der Waals surface area contributed by atoms with Crippen LogP contribution in [0.5, 0.6) is 0 Å². The highest BCUT2D eigenvalue weighted by Gasteiger charge is 2.35. The Labute approximate surface area is 263 Å². The summed E-state index contributed by atoms with van der Waals surface area (Å²) in [5.74, 6) is 0.929. The standard InChI is InChI=1S/C34H40N8O3/c1-23-28(25(3)42(37-23)27-14-8-5-9-15-27)22-31(44)39-18-11-17-30(43)40-19-10-16-29(40)34(45)35-24(2)33-36-32(38-41(33)21-20-39)26-12-6-4-7-13-26/h4-9,12-15,24,29H,10-11,16-22H2,1-3H3,(H,35,45)/t24-,29-/m0/s1. The molecule has 1 N–H and O–H groups in total. The summed E-state index contributed by atoms with van der Waals surface area (Å²) in [4.78, 5) is 48.9. The summed E-state index contributed by atoms with van der Waals surface area (Å²) in [5.41, 5.74) is 4.47. The first-order chi connectivity index (χ1) is 21.8. The maximum Gasteiger partial charge on any atom is 0.243 e. The number of nitrogens with zero attached hydrogens (tertiary/aromatic N) is 7. The molecule has 0 bridgehead atoms. The summed E-state index contributed by atoms with van der Waals surface area (Å²) in [6.45, 7) is 7.58. The number of aryl methyl sites for hydroxylation is 1. The molecular weight excluding hydrogens is 568 g/mol. The van der Waals surface area contributed by atoms with Crippen molar-refractivity contribution in [2.24, 2.45) is 0 Å². The molecule has 4 aromatic rings. The number of carbonyl (C=O) groups excluding carboxylic acids is 3. The first-order valence-corrected chi connectivity index (χ1v) is 15.8. The number of hydrogen-bond donors (Lipinski definition) is 1. The van der Waals surface area contributed by atoms with Crippen LogP contribution in [0, 0.1) is 13.8 Å². The monoisotopic (exact) mass is 608 g/mol. The van der Waals surface area contributed by atoms with E-state index in [2.05, 4.69) is 5.32 Å². The van der Waals surface area contributed by atoms with Gasteiger partial charge in [0.05, 0.1) is 30.4 Å². The topological polar surface area (TPSA) is 118 Å². The van der Waals surface area contributed by atoms with Gasteiger partial charge in [0.25, 0.3) is 0 Å². The van der Waals surface area contributed by atoms with Gasteiger partial charge in [-0.15, -0.1) is 0 Å². The molecule has 2 aromatic carbocycles. The lowest BCUT2D eigenvalue weighted by atomic mass is 10.1. The van der Waals surface area contributed by atoms with E-state index < -0.39 is 12.1 Å². The van der Waals surface area contributed by atoms with Gasteiger partial charge in [0.2, 0.25) is 17.7 Å². The van der Waals surface area contributed by atoms with E-state index >= 15 is 0 Å². The Balaban J connectivity index is 1.29. The van der Waals surface area contributed by atoms with Crippen LogP contribution in [0.3, 0.4) is 0 Å². The highest BCUT2D eigenvalue weighted by Crippen LogP contribution is 2.24. The average Bonchev–Trinajstić information content (AvgIpc) is 3.78. The Bertz CT molecular complexity index is 1680. The summed E-state index contributed by atoms with van der Waals surface area (Å²) < 4.78 is 3.69. The summed E-state index contributed by atoms with van der Waals surface area (Å²) in [6.07, 6.45) is 2.41. The zero-order chi connectivity index (χ0) is 31.5. The smallest absolute Gasteiger partial charge is 0.243 e. The van der Waals surface area contributed by atoms with E-state index in [1.807, 2.05) is 91.0 Å². The molecule has 3 amide bonds. The van der Waals surface area contributed by atoms with Gasteiger partial charge in [-0.3, -0.25) is 14.4 Å². The third-order valence-electron chi connectivity index (χ3n) is 8.88. The van der Waals surface area contributed by atoms with Crippen molar-refractivity contribution in [3.63, 3.8) is 0 Å². The van der Waals surface area contributed by atoms with E-state index in [-0.39, 0.29) is 30.6 Å². The van der Waals surface area contributed by atoms with Crippen LogP contribution in [-0.2, 0) is 27.3 Å². The molecule has 0 unspecified atom stereocenters. The third kappa shape index (κ3) is 6.38. The number of aromatic nitrogens is 5. The highest BCUT2D eigenvalue weighted by atomic mass is 16.2.